The molecular weight excluding hydrogens is 456 g/mol. The fourth-order valence-electron chi connectivity index (χ4n) is 4.32. The van der Waals surface area contributed by atoms with Gasteiger partial charge in [0.1, 0.15) is 0 Å². The molecular formula is C26H30N8O2. The van der Waals surface area contributed by atoms with Crippen LogP contribution in [0.15, 0.2) is 47.4 Å². The van der Waals surface area contributed by atoms with Gasteiger partial charge < -0.3 is 15.2 Å². The number of benzene rings is 1. The van der Waals surface area contributed by atoms with Crippen LogP contribution in [-0.2, 0) is 18.9 Å². The average molecular weight is 487 g/mol. The first-order chi connectivity index (χ1) is 17.3. The summed E-state index contributed by atoms with van der Waals surface area (Å²) in [4.78, 5) is 26.4. The maximum atomic E-state index is 13.0. The monoisotopic (exact) mass is 486 g/mol. The summed E-state index contributed by atoms with van der Waals surface area (Å²) >= 11 is 0. The molecule has 0 fully saturated rings. The molecule has 0 spiro atoms. The van der Waals surface area contributed by atoms with E-state index in [2.05, 4.69) is 49.1 Å². The maximum Gasteiger partial charge on any atom is 0.238 e. The van der Waals surface area contributed by atoms with Gasteiger partial charge in [0, 0.05) is 49.3 Å². The zero-order valence-corrected chi connectivity index (χ0v) is 20.9. The number of anilines is 2. The smallest absolute Gasteiger partial charge is 0.238 e. The largest absolute Gasteiger partial charge is 0.338 e. The molecule has 2 N–H and O–H groups in total. The van der Waals surface area contributed by atoms with Crippen molar-refractivity contribution in [1.29, 1.82) is 0 Å². The van der Waals surface area contributed by atoms with Crippen LogP contribution < -0.4 is 10.6 Å². The van der Waals surface area contributed by atoms with Crippen LogP contribution in [0.4, 0.5) is 11.6 Å². The number of Topliss-reactive ketones (excluding diaryl/α,β-unsaturated/α-hetero) is 1. The van der Waals surface area contributed by atoms with Gasteiger partial charge in [-0.25, -0.2) is 9.97 Å². The summed E-state index contributed by atoms with van der Waals surface area (Å²) in [5.74, 6) is 1.04. The van der Waals surface area contributed by atoms with Crippen LogP contribution in [0.3, 0.4) is 0 Å². The highest BCUT2D eigenvalue weighted by Crippen LogP contribution is 2.31. The van der Waals surface area contributed by atoms with E-state index in [4.69, 9.17) is 9.51 Å². The third-order valence-electron chi connectivity index (χ3n) is 6.21. The SMILES string of the molecule is Cn1cc(Nc2nccc(-c3ccc4c(c3)CCNC[C@@H]4CC(=O)c3noc(C(C)(C)C)n3)n2)cn1. The van der Waals surface area contributed by atoms with Gasteiger partial charge in [-0.1, -0.05) is 38.1 Å². The first-order valence-corrected chi connectivity index (χ1v) is 12.1. The Morgan fingerprint density at radius 2 is 2.11 bits per heavy atom. The number of aryl methyl sites for hydroxylation is 1. The molecule has 5 rings (SSSR count). The molecule has 0 bridgehead atoms. The number of fused-ring (bicyclic) bond motifs is 1. The van der Waals surface area contributed by atoms with Crippen LogP contribution in [0.2, 0.25) is 0 Å². The number of ketones is 1. The topological polar surface area (TPSA) is 124 Å². The number of carbonyl (C=O) groups excluding carboxylic acids is 1. The van der Waals surface area contributed by atoms with E-state index in [1.54, 1.807) is 17.1 Å². The molecule has 0 radical (unpaired) electrons. The van der Waals surface area contributed by atoms with Crippen molar-refractivity contribution in [2.75, 3.05) is 18.4 Å². The third kappa shape index (κ3) is 5.18. The fourth-order valence-corrected chi connectivity index (χ4v) is 4.32. The first kappa shape index (κ1) is 23.8. The molecule has 1 aliphatic rings. The molecule has 0 saturated carbocycles. The van der Waals surface area contributed by atoms with Crippen LogP contribution in [-0.4, -0.2) is 48.8 Å². The van der Waals surface area contributed by atoms with Crippen molar-refractivity contribution in [2.45, 2.75) is 44.9 Å². The summed E-state index contributed by atoms with van der Waals surface area (Å²) in [6.07, 6.45) is 6.52. The number of nitrogens with one attached hydrogen (secondary N) is 2. The number of nitrogens with zero attached hydrogens (tertiary/aromatic N) is 6. The second-order valence-corrected chi connectivity index (χ2v) is 10.2. The van der Waals surface area contributed by atoms with E-state index in [1.807, 2.05) is 40.1 Å². The van der Waals surface area contributed by atoms with E-state index in [1.165, 1.54) is 11.1 Å². The van der Waals surface area contributed by atoms with E-state index in [9.17, 15) is 4.79 Å². The van der Waals surface area contributed by atoms with E-state index in [0.717, 1.165) is 36.5 Å². The van der Waals surface area contributed by atoms with Crippen molar-refractivity contribution in [3.05, 3.63) is 65.7 Å². The second-order valence-electron chi connectivity index (χ2n) is 10.2. The van der Waals surface area contributed by atoms with Gasteiger partial charge in [-0.15, -0.1) is 0 Å². The van der Waals surface area contributed by atoms with E-state index >= 15 is 0 Å². The van der Waals surface area contributed by atoms with Gasteiger partial charge in [-0.05, 0) is 36.2 Å². The molecule has 36 heavy (non-hydrogen) atoms. The summed E-state index contributed by atoms with van der Waals surface area (Å²) in [6.45, 7) is 7.50. The summed E-state index contributed by atoms with van der Waals surface area (Å²) in [5, 5.41) is 14.8. The van der Waals surface area contributed by atoms with Crippen LogP contribution >= 0.6 is 0 Å². The van der Waals surface area contributed by atoms with Crippen LogP contribution in [0, 0.1) is 0 Å². The highest BCUT2D eigenvalue weighted by atomic mass is 16.5. The molecule has 1 aliphatic heterocycles. The van der Waals surface area contributed by atoms with Crippen molar-refractivity contribution >= 4 is 17.4 Å². The van der Waals surface area contributed by atoms with Crippen LogP contribution in [0.1, 0.15) is 60.7 Å². The highest BCUT2D eigenvalue weighted by Gasteiger charge is 2.27. The van der Waals surface area contributed by atoms with Gasteiger partial charge in [0.15, 0.2) is 0 Å². The highest BCUT2D eigenvalue weighted by molar-refractivity contribution is 5.93. The molecule has 10 heteroatoms. The van der Waals surface area contributed by atoms with E-state index in [-0.39, 0.29) is 22.9 Å². The molecule has 4 heterocycles. The predicted molar refractivity (Wildman–Crippen MR) is 135 cm³/mol. The Morgan fingerprint density at radius 3 is 2.86 bits per heavy atom. The Balaban J connectivity index is 1.36. The minimum absolute atomic E-state index is 0.0221. The Kier molecular flexibility index (Phi) is 6.36. The van der Waals surface area contributed by atoms with E-state index < -0.39 is 0 Å². The zero-order valence-electron chi connectivity index (χ0n) is 20.9. The van der Waals surface area contributed by atoms with Gasteiger partial charge in [0.25, 0.3) is 0 Å². The lowest BCUT2D eigenvalue weighted by molar-refractivity contribution is 0.0960. The molecule has 186 valence electrons. The molecule has 1 aromatic carbocycles. The number of hydrogen-bond donors (Lipinski definition) is 2. The van der Waals surface area contributed by atoms with Crippen molar-refractivity contribution < 1.29 is 9.32 Å². The molecule has 0 amide bonds. The quantitative estimate of drug-likeness (QED) is 0.392. The predicted octanol–water partition coefficient (Wildman–Crippen LogP) is 3.80. The number of carbonyl (C=O) groups is 1. The average Bonchev–Trinajstić information content (AvgIpc) is 3.46. The Morgan fingerprint density at radius 1 is 1.25 bits per heavy atom. The van der Waals surface area contributed by atoms with Crippen molar-refractivity contribution in [1.82, 2.24) is 35.2 Å². The number of aromatic nitrogens is 6. The summed E-state index contributed by atoms with van der Waals surface area (Å²) in [5.41, 5.74) is 4.73. The Bertz CT molecular complexity index is 1380. The molecule has 0 saturated heterocycles. The minimum Gasteiger partial charge on any atom is -0.338 e. The molecule has 0 aliphatic carbocycles. The van der Waals surface area contributed by atoms with Gasteiger partial charge in [0.05, 0.1) is 17.6 Å². The second kappa shape index (κ2) is 9.62. The standard InChI is InChI=1S/C26H30N8O2/c1-26(2,3)24-32-23(33-36-24)22(35)12-18-13-27-9-7-16-11-17(5-6-20(16)18)21-8-10-28-25(31-21)30-19-14-29-34(4)15-19/h5-6,8,10-11,14-15,18,27H,7,9,12-13H2,1-4H3,(H,28,30,31)/t18-/m0/s1. The number of rotatable bonds is 6. The Hall–Kier alpha value is -3.92. The first-order valence-electron chi connectivity index (χ1n) is 12.1. The van der Waals surface area contributed by atoms with Crippen LogP contribution in [0.5, 0.6) is 0 Å². The summed E-state index contributed by atoms with van der Waals surface area (Å²) < 4.78 is 7.05. The zero-order chi connectivity index (χ0) is 25.3. The normalized spacial score (nSPS) is 15.8. The minimum atomic E-state index is -0.299. The molecule has 4 aromatic rings. The van der Waals surface area contributed by atoms with Crippen molar-refractivity contribution in [2.24, 2.45) is 7.05 Å². The lowest BCUT2D eigenvalue weighted by Gasteiger charge is -2.17. The summed E-state index contributed by atoms with van der Waals surface area (Å²) in [6, 6.07) is 8.24. The molecule has 10 nitrogen and oxygen atoms in total. The van der Waals surface area contributed by atoms with Crippen LogP contribution in [0.25, 0.3) is 11.3 Å². The fraction of sp³-hybridized carbons (Fsp3) is 0.385. The third-order valence-corrected chi connectivity index (χ3v) is 6.21. The number of hydrogen-bond acceptors (Lipinski definition) is 9. The lowest BCUT2D eigenvalue weighted by atomic mass is 9.88. The van der Waals surface area contributed by atoms with Gasteiger partial charge in [-0.3, -0.25) is 9.48 Å². The van der Waals surface area contributed by atoms with Gasteiger partial charge in [0.2, 0.25) is 23.4 Å². The Labute approximate surface area is 209 Å². The lowest BCUT2D eigenvalue weighted by Crippen LogP contribution is -2.22. The van der Waals surface area contributed by atoms with Gasteiger partial charge in [-0.2, -0.15) is 10.1 Å². The van der Waals surface area contributed by atoms with E-state index in [0.29, 0.717) is 18.3 Å². The molecule has 3 aromatic heterocycles. The van der Waals surface area contributed by atoms with Gasteiger partial charge >= 0.3 is 0 Å². The van der Waals surface area contributed by atoms with Crippen molar-refractivity contribution in [3.8, 4) is 11.3 Å². The van der Waals surface area contributed by atoms with Crippen molar-refractivity contribution in [3.63, 3.8) is 0 Å². The summed E-state index contributed by atoms with van der Waals surface area (Å²) in [7, 11) is 1.86. The maximum absolute atomic E-state index is 13.0. The molecule has 0 unspecified atom stereocenters. The molecule has 1 atom stereocenters.